The van der Waals surface area contributed by atoms with Gasteiger partial charge in [0.25, 0.3) is 0 Å². The lowest BCUT2D eigenvalue weighted by Gasteiger charge is -2.17. The molecule has 2 unspecified atom stereocenters. The summed E-state index contributed by atoms with van der Waals surface area (Å²) in [7, 11) is 0. The molecule has 1 aromatic heterocycles. The van der Waals surface area contributed by atoms with Crippen molar-refractivity contribution >= 4 is 22.6 Å². The predicted octanol–water partition coefficient (Wildman–Crippen LogP) is 4.70. The molecule has 2 atom stereocenters. The SMILES string of the molecule is CCNC(CCC1CCCO1)c1cc2cccc(Cl)c2o1. The number of rotatable bonds is 6. The van der Waals surface area contributed by atoms with Crippen LogP contribution in [0.5, 0.6) is 0 Å². The fraction of sp³-hybridized carbons (Fsp3) is 0.529. The van der Waals surface area contributed by atoms with Crippen LogP contribution in [0.25, 0.3) is 11.0 Å². The van der Waals surface area contributed by atoms with Gasteiger partial charge in [-0.25, -0.2) is 0 Å². The number of halogens is 1. The highest BCUT2D eigenvalue weighted by atomic mass is 35.5. The van der Waals surface area contributed by atoms with Crippen LogP contribution in [0.2, 0.25) is 5.02 Å². The van der Waals surface area contributed by atoms with E-state index in [-0.39, 0.29) is 6.04 Å². The van der Waals surface area contributed by atoms with Crippen molar-refractivity contribution in [3.63, 3.8) is 0 Å². The second kappa shape index (κ2) is 6.82. The Morgan fingerprint density at radius 1 is 1.43 bits per heavy atom. The van der Waals surface area contributed by atoms with E-state index in [1.807, 2.05) is 18.2 Å². The zero-order valence-corrected chi connectivity index (χ0v) is 13.2. The van der Waals surface area contributed by atoms with E-state index in [0.717, 1.165) is 42.7 Å². The molecule has 3 rings (SSSR count). The van der Waals surface area contributed by atoms with Gasteiger partial charge in [0.1, 0.15) is 5.76 Å². The summed E-state index contributed by atoms with van der Waals surface area (Å²) in [5, 5.41) is 5.25. The average Bonchev–Trinajstić information content (AvgIpc) is 3.13. The summed E-state index contributed by atoms with van der Waals surface area (Å²) in [6.45, 7) is 3.95. The van der Waals surface area contributed by atoms with Crippen molar-refractivity contribution in [2.24, 2.45) is 0 Å². The number of furan rings is 1. The second-order valence-electron chi connectivity index (χ2n) is 5.63. The van der Waals surface area contributed by atoms with E-state index in [4.69, 9.17) is 20.8 Å². The molecule has 0 aliphatic carbocycles. The Morgan fingerprint density at radius 3 is 3.05 bits per heavy atom. The van der Waals surface area contributed by atoms with Crippen LogP contribution in [-0.2, 0) is 4.74 Å². The van der Waals surface area contributed by atoms with Gasteiger partial charge in [0.2, 0.25) is 0 Å². The smallest absolute Gasteiger partial charge is 0.152 e. The topological polar surface area (TPSA) is 34.4 Å². The van der Waals surface area contributed by atoms with E-state index < -0.39 is 0 Å². The largest absolute Gasteiger partial charge is 0.458 e. The van der Waals surface area contributed by atoms with Crippen LogP contribution < -0.4 is 5.32 Å². The summed E-state index contributed by atoms with van der Waals surface area (Å²) >= 11 is 6.20. The molecule has 1 saturated heterocycles. The monoisotopic (exact) mass is 307 g/mol. The molecule has 2 aromatic rings. The molecule has 2 heterocycles. The molecular weight excluding hydrogens is 286 g/mol. The van der Waals surface area contributed by atoms with E-state index in [1.165, 1.54) is 12.8 Å². The van der Waals surface area contributed by atoms with E-state index in [1.54, 1.807) is 0 Å². The van der Waals surface area contributed by atoms with Gasteiger partial charge < -0.3 is 14.5 Å². The Kier molecular flexibility index (Phi) is 4.84. The maximum absolute atomic E-state index is 6.20. The highest BCUT2D eigenvalue weighted by Gasteiger charge is 2.21. The maximum Gasteiger partial charge on any atom is 0.152 e. The van der Waals surface area contributed by atoms with Crippen LogP contribution in [0.1, 0.15) is 44.4 Å². The summed E-state index contributed by atoms with van der Waals surface area (Å²) in [5.41, 5.74) is 0.786. The number of hydrogen-bond acceptors (Lipinski definition) is 3. The van der Waals surface area contributed by atoms with E-state index in [9.17, 15) is 0 Å². The Balaban J connectivity index is 1.75. The van der Waals surface area contributed by atoms with Crippen molar-refractivity contribution < 1.29 is 9.15 Å². The number of nitrogens with one attached hydrogen (secondary N) is 1. The first-order valence-electron chi connectivity index (χ1n) is 7.81. The van der Waals surface area contributed by atoms with Crippen molar-refractivity contribution in [3.05, 3.63) is 35.0 Å². The fourth-order valence-electron chi connectivity index (χ4n) is 3.04. The molecule has 0 bridgehead atoms. The minimum Gasteiger partial charge on any atom is -0.458 e. The molecule has 1 N–H and O–H groups in total. The van der Waals surface area contributed by atoms with Gasteiger partial charge in [-0.3, -0.25) is 0 Å². The zero-order valence-electron chi connectivity index (χ0n) is 12.4. The zero-order chi connectivity index (χ0) is 14.7. The third-order valence-corrected chi connectivity index (χ3v) is 4.41. The molecule has 114 valence electrons. The van der Waals surface area contributed by atoms with E-state index >= 15 is 0 Å². The van der Waals surface area contributed by atoms with Crippen LogP contribution in [-0.4, -0.2) is 19.3 Å². The molecule has 3 nitrogen and oxygen atoms in total. The van der Waals surface area contributed by atoms with Crippen LogP contribution in [0.15, 0.2) is 28.7 Å². The lowest BCUT2D eigenvalue weighted by molar-refractivity contribution is 0.0989. The number of hydrogen-bond donors (Lipinski definition) is 1. The molecule has 1 aromatic carbocycles. The molecule has 0 amide bonds. The first-order chi connectivity index (χ1) is 10.3. The molecule has 1 aliphatic heterocycles. The normalized spacial score (nSPS) is 20.2. The minimum atomic E-state index is 0.225. The fourth-order valence-corrected chi connectivity index (χ4v) is 3.26. The summed E-state index contributed by atoms with van der Waals surface area (Å²) in [6, 6.07) is 8.19. The Hall–Kier alpha value is -1.03. The number of fused-ring (bicyclic) bond motifs is 1. The van der Waals surface area contributed by atoms with Crippen LogP contribution in [0.4, 0.5) is 0 Å². The first kappa shape index (κ1) is 14.9. The van der Waals surface area contributed by atoms with Crippen molar-refractivity contribution in [3.8, 4) is 0 Å². The van der Waals surface area contributed by atoms with Crippen molar-refractivity contribution in [1.29, 1.82) is 0 Å². The van der Waals surface area contributed by atoms with E-state index in [0.29, 0.717) is 11.1 Å². The Labute approximate surface area is 130 Å². The van der Waals surface area contributed by atoms with Crippen molar-refractivity contribution in [1.82, 2.24) is 5.32 Å². The van der Waals surface area contributed by atoms with Crippen molar-refractivity contribution in [2.75, 3.05) is 13.2 Å². The Bertz CT molecular complexity index is 589. The molecule has 0 spiro atoms. The van der Waals surface area contributed by atoms with Gasteiger partial charge in [-0.2, -0.15) is 0 Å². The summed E-state index contributed by atoms with van der Waals surface area (Å²) in [4.78, 5) is 0. The van der Waals surface area contributed by atoms with Gasteiger partial charge in [-0.15, -0.1) is 0 Å². The highest BCUT2D eigenvalue weighted by molar-refractivity contribution is 6.34. The summed E-state index contributed by atoms with van der Waals surface area (Å²) < 4.78 is 11.7. The second-order valence-corrected chi connectivity index (χ2v) is 6.04. The molecular formula is C17H22ClNO2. The number of benzene rings is 1. The number of para-hydroxylation sites is 1. The average molecular weight is 308 g/mol. The minimum absolute atomic E-state index is 0.225. The molecule has 0 saturated carbocycles. The standard InChI is InChI=1S/C17H22ClNO2/c1-2-19-15(9-8-13-6-4-10-20-13)16-11-12-5-3-7-14(18)17(12)21-16/h3,5,7,11,13,15,19H,2,4,6,8-10H2,1H3. The van der Waals surface area contributed by atoms with Crippen LogP contribution in [0.3, 0.4) is 0 Å². The van der Waals surface area contributed by atoms with Crippen molar-refractivity contribution in [2.45, 2.75) is 44.8 Å². The first-order valence-corrected chi connectivity index (χ1v) is 8.18. The third-order valence-electron chi connectivity index (χ3n) is 4.11. The van der Waals surface area contributed by atoms with Crippen LogP contribution in [0, 0.1) is 0 Å². The quantitative estimate of drug-likeness (QED) is 0.840. The predicted molar refractivity (Wildman–Crippen MR) is 85.8 cm³/mol. The lowest BCUT2D eigenvalue weighted by Crippen LogP contribution is -2.22. The van der Waals surface area contributed by atoms with Gasteiger partial charge in [0.15, 0.2) is 5.58 Å². The Morgan fingerprint density at radius 2 is 2.33 bits per heavy atom. The summed E-state index contributed by atoms with van der Waals surface area (Å²) in [5.74, 6) is 0.970. The molecule has 4 heteroatoms. The molecule has 1 aliphatic rings. The van der Waals surface area contributed by atoms with E-state index in [2.05, 4.69) is 18.3 Å². The summed E-state index contributed by atoms with van der Waals surface area (Å²) in [6.07, 6.45) is 4.89. The van der Waals surface area contributed by atoms with Gasteiger partial charge in [0, 0.05) is 12.0 Å². The molecule has 0 radical (unpaired) electrons. The van der Waals surface area contributed by atoms with Crippen LogP contribution >= 0.6 is 11.6 Å². The lowest BCUT2D eigenvalue weighted by atomic mass is 10.0. The molecule has 21 heavy (non-hydrogen) atoms. The highest BCUT2D eigenvalue weighted by Crippen LogP contribution is 2.31. The number of ether oxygens (including phenoxy) is 1. The third kappa shape index (κ3) is 3.42. The van der Waals surface area contributed by atoms with Gasteiger partial charge in [-0.1, -0.05) is 30.7 Å². The van der Waals surface area contributed by atoms with Gasteiger partial charge in [0.05, 0.1) is 17.2 Å². The van der Waals surface area contributed by atoms with Gasteiger partial charge in [-0.05, 0) is 44.4 Å². The molecule has 1 fully saturated rings. The van der Waals surface area contributed by atoms with Gasteiger partial charge >= 0.3 is 0 Å². The maximum atomic E-state index is 6.20.